The number of aldehydes is 1. The van der Waals surface area contributed by atoms with Crippen molar-refractivity contribution in [3.05, 3.63) is 28.5 Å². The van der Waals surface area contributed by atoms with Crippen molar-refractivity contribution in [1.82, 2.24) is 4.98 Å². The van der Waals surface area contributed by atoms with Gasteiger partial charge in [-0.05, 0) is 6.07 Å². The zero-order valence-electron chi connectivity index (χ0n) is 5.41. The molecule has 1 rings (SSSR count). The fraction of sp³-hybridized carbons (Fsp3) is 0. The van der Waals surface area contributed by atoms with Gasteiger partial charge in [-0.15, -0.1) is 0 Å². The Morgan fingerprint density at radius 1 is 1.73 bits per heavy atom. The largest absolute Gasteiger partial charge is 0.298 e. The van der Waals surface area contributed by atoms with E-state index in [4.69, 9.17) is 16.9 Å². The Bertz CT molecular complexity index is 330. The van der Waals surface area contributed by atoms with E-state index in [1.165, 1.54) is 12.3 Å². The predicted molar refractivity (Wildman–Crippen MR) is 39.3 cm³/mol. The van der Waals surface area contributed by atoms with Crippen molar-refractivity contribution in [1.29, 1.82) is 5.26 Å². The highest BCUT2D eigenvalue weighted by molar-refractivity contribution is 6.30. The molecule has 1 aromatic heterocycles. The highest BCUT2D eigenvalue weighted by atomic mass is 35.5. The molecule has 0 saturated heterocycles. The van der Waals surface area contributed by atoms with Crippen molar-refractivity contribution in [2.24, 2.45) is 0 Å². The minimum Gasteiger partial charge on any atom is -0.298 e. The van der Waals surface area contributed by atoms with Gasteiger partial charge in [-0.2, -0.15) is 5.26 Å². The lowest BCUT2D eigenvalue weighted by Gasteiger charge is -1.92. The first-order valence-corrected chi connectivity index (χ1v) is 3.16. The van der Waals surface area contributed by atoms with Crippen molar-refractivity contribution >= 4 is 17.9 Å². The molecule has 0 fully saturated rings. The summed E-state index contributed by atoms with van der Waals surface area (Å²) in [4.78, 5) is 13.9. The number of halogens is 1. The van der Waals surface area contributed by atoms with Gasteiger partial charge in [-0.1, -0.05) is 11.6 Å². The van der Waals surface area contributed by atoms with E-state index in [0.717, 1.165) is 0 Å². The number of pyridine rings is 1. The van der Waals surface area contributed by atoms with Gasteiger partial charge in [0.15, 0.2) is 12.0 Å². The van der Waals surface area contributed by atoms with Crippen molar-refractivity contribution in [3.63, 3.8) is 0 Å². The summed E-state index contributed by atoms with van der Waals surface area (Å²) in [5, 5.41) is 8.78. The summed E-state index contributed by atoms with van der Waals surface area (Å²) >= 11 is 5.52. The molecule has 0 N–H and O–H groups in total. The van der Waals surface area contributed by atoms with Crippen LogP contribution in [0.5, 0.6) is 0 Å². The number of rotatable bonds is 1. The Balaban J connectivity index is 3.30. The van der Waals surface area contributed by atoms with Gasteiger partial charge in [0.05, 0.1) is 10.6 Å². The van der Waals surface area contributed by atoms with E-state index in [2.05, 4.69) is 4.98 Å². The second-order valence-corrected chi connectivity index (χ2v) is 2.26. The Kier molecular flexibility index (Phi) is 2.19. The first-order chi connectivity index (χ1) is 5.27. The molecule has 11 heavy (non-hydrogen) atoms. The third-order valence-corrected chi connectivity index (χ3v) is 1.32. The van der Waals surface area contributed by atoms with Crippen LogP contribution in [0.2, 0.25) is 5.02 Å². The second kappa shape index (κ2) is 3.13. The standard InChI is InChI=1S/C7H3ClN2O/c8-6-1-5(4-11)7(2-9)10-3-6/h1,3-4H. The molecule has 0 aromatic carbocycles. The predicted octanol–water partition coefficient (Wildman–Crippen LogP) is 1.42. The molecule has 3 nitrogen and oxygen atoms in total. The molecule has 1 heterocycles. The van der Waals surface area contributed by atoms with Gasteiger partial charge in [-0.25, -0.2) is 4.98 Å². The summed E-state index contributed by atoms with van der Waals surface area (Å²) < 4.78 is 0. The molecule has 0 aliphatic rings. The van der Waals surface area contributed by atoms with Crippen molar-refractivity contribution in [2.75, 3.05) is 0 Å². The van der Waals surface area contributed by atoms with Gasteiger partial charge >= 0.3 is 0 Å². The fourth-order valence-corrected chi connectivity index (χ4v) is 0.805. The molecule has 0 aliphatic carbocycles. The smallest absolute Gasteiger partial charge is 0.153 e. The van der Waals surface area contributed by atoms with E-state index >= 15 is 0 Å². The lowest BCUT2D eigenvalue weighted by molar-refractivity contribution is 0.112. The highest BCUT2D eigenvalue weighted by Gasteiger charge is 2.01. The summed E-state index contributed by atoms with van der Waals surface area (Å²) in [6.07, 6.45) is 1.88. The summed E-state index contributed by atoms with van der Waals surface area (Å²) in [6, 6.07) is 3.18. The fourth-order valence-electron chi connectivity index (χ4n) is 0.638. The van der Waals surface area contributed by atoms with Crippen molar-refractivity contribution < 1.29 is 4.79 Å². The number of nitrogens with zero attached hydrogens (tertiary/aromatic N) is 2. The zero-order chi connectivity index (χ0) is 8.27. The number of hydrogen-bond acceptors (Lipinski definition) is 3. The molecule has 0 saturated carbocycles. The first kappa shape index (κ1) is 7.70. The first-order valence-electron chi connectivity index (χ1n) is 2.78. The van der Waals surface area contributed by atoms with E-state index in [-0.39, 0.29) is 11.3 Å². The molecule has 4 heteroatoms. The van der Waals surface area contributed by atoms with Gasteiger partial charge in [-0.3, -0.25) is 4.79 Å². The number of hydrogen-bond donors (Lipinski definition) is 0. The molecule has 0 aliphatic heterocycles. The van der Waals surface area contributed by atoms with Crippen LogP contribution in [0.3, 0.4) is 0 Å². The maximum absolute atomic E-state index is 10.3. The second-order valence-electron chi connectivity index (χ2n) is 1.82. The van der Waals surface area contributed by atoms with Crippen LogP contribution in [0.4, 0.5) is 0 Å². The van der Waals surface area contributed by atoms with Crippen LogP contribution in [-0.2, 0) is 0 Å². The van der Waals surface area contributed by atoms with Gasteiger partial charge < -0.3 is 0 Å². The van der Waals surface area contributed by atoms with E-state index in [9.17, 15) is 4.79 Å². The van der Waals surface area contributed by atoms with E-state index in [0.29, 0.717) is 11.3 Å². The topological polar surface area (TPSA) is 53.8 Å². The quantitative estimate of drug-likeness (QED) is 0.593. The average molecular weight is 167 g/mol. The Labute approximate surface area is 68.2 Å². The average Bonchev–Trinajstić information content (AvgIpc) is 2.04. The third kappa shape index (κ3) is 1.54. The minimum absolute atomic E-state index is 0.101. The van der Waals surface area contributed by atoms with Crippen molar-refractivity contribution in [2.45, 2.75) is 0 Å². The van der Waals surface area contributed by atoms with E-state index in [1.807, 2.05) is 0 Å². The van der Waals surface area contributed by atoms with Gasteiger partial charge in [0.1, 0.15) is 6.07 Å². The van der Waals surface area contributed by atoms with E-state index in [1.54, 1.807) is 6.07 Å². The molecular weight excluding hydrogens is 164 g/mol. The van der Waals surface area contributed by atoms with Crippen molar-refractivity contribution in [3.8, 4) is 6.07 Å². The van der Waals surface area contributed by atoms with Crippen LogP contribution in [-0.4, -0.2) is 11.3 Å². The molecule has 0 amide bonds. The highest BCUT2D eigenvalue weighted by Crippen LogP contribution is 2.10. The van der Waals surface area contributed by atoms with Gasteiger partial charge in [0, 0.05) is 6.20 Å². The lowest BCUT2D eigenvalue weighted by atomic mass is 10.2. The number of nitriles is 1. The maximum Gasteiger partial charge on any atom is 0.153 e. The number of aromatic nitrogens is 1. The molecular formula is C7H3ClN2O. The number of carbonyl (C=O) groups excluding carboxylic acids is 1. The molecule has 0 spiro atoms. The molecule has 0 unspecified atom stereocenters. The number of carbonyl (C=O) groups is 1. The normalized spacial score (nSPS) is 8.73. The third-order valence-electron chi connectivity index (χ3n) is 1.12. The molecule has 1 aromatic rings. The monoisotopic (exact) mass is 166 g/mol. The molecule has 0 atom stereocenters. The van der Waals surface area contributed by atoms with Crippen LogP contribution in [0.1, 0.15) is 16.1 Å². The van der Waals surface area contributed by atoms with E-state index < -0.39 is 0 Å². The molecule has 0 radical (unpaired) electrons. The maximum atomic E-state index is 10.3. The van der Waals surface area contributed by atoms with Crippen LogP contribution < -0.4 is 0 Å². The SMILES string of the molecule is N#Cc1ncc(Cl)cc1C=O. The van der Waals surface area contributed by atoms with Crippen LogP contribution >= 0.6 is 11.6 Å². The van der Waals surface area contributed by atoms with Crippen LogP contribution in [0, 0.1) is 11.3 Å². The summed E-state index contributed by atoms with van der Waals surface area (Å²) in [5.41, 5.74) is 0.324. The summed E-state index contributed by atoms with van der Waals surface area (Å²) in [7, 11) is 0. The summed E-state index contributed by atoms with van der Waals surface area (Å²) in [6.45, 7) is 0. The molecule has 54 valence electrons. The lowest BCUT2D eigenvalue weighted by Crippen LogP contribution is -1.90. The minimum atomic E-state index is 0.101. The zero-order valence-corrected chi connectivity index (χ0v) is 6.17. The molecule has 0 bridgehead atoms. The Morgan fingerprint density at radius 2 is 2.45 bits per heavy atom. The summed E-state index contributed by atoms with van der Waals surface area (Å²) in [5.74, 6) is 0. The van der Waals surface area contributed by atoms with Crippen LogP contribution in [0.15, 0.2) is 12.3 Å². The van der Waals surface area contributed by atoms with Crippen LogP contribution in [0.25, 0.3) is 0 Å². The Hall–Kier alpha value is -1.40. The van der Waals surface area contributed by atoms with Gasteiger partial charge in [0.2, 0.25) is 0 Å². The van der Waals surface area contributed by atoms with Gasteiger partial charge in [0.25, 0.3) is 0 Å². The Morgan fingerprint density at radius 3 is 3.00 bits per heavy atom.